The lowest BCUT2D eigenvalue weighted by molar-refractivity contribution is -0.104. The minimum absolute atomic E-state index is 0.0846. The molecule has 8 heavy (non-hydrogen) atoms. The zero-order valence-electron chi connectivity index (χ0n) is 4.07. The van der Waals surface area contributed by atoms with Crippen molar-refractivity contribution in [2.45, 2.75) is 0 Å². The highest BCUT2D eigenvalue weighted by Crippen LogP contribution is 1.73. The van der Waals surface area contributed by atoms with E-state index in [2.05, 4.69) is 0 Å². The fourth-order valence-corrected chi connectivity index (χ4v) is 0.458. The average molecular weight is 133 g/mol. The van der Waals surface area contributed by atoms with E-state index >= 15 is 0 Å². The van der Waals surface area contributed by atoms with E-state index in [-0.39, 0.29) is 5.75 Å². The molecule has 0 rings (SSSR count). The van der Waals surface area contributed by atoms with Gasteiger partial charge in [-0.3, -0.25) is 9.00 Å². The molecule has 1 atom stereocenters. The van der Waals surface area contributed by atoms with Crippen LogP contribution in [0.25, 0.3) is 0 Å². The normalized spacial score (nSPS) is 14.1. The summed E-state index contributed by atoms with van der Waals surface area (Å²) in [5.74, 6) is -0.0846. The van der Waals surface area contributed by atoms with Crippen LogP contribution in [0.2, 0.25) is 0 Å². The SMILES string of the molecule is O=CC=CCS(=O)[O-]. The molecule has 0 saturated heterocycles. The minimum Gasteiger partial charge on any atom is -0.772 e. The molecule has 0 spiro atoms. The zero-order chi connectivity index (χ0) is 6.41. The Hall–Kier alpha value is -0.480. The minimum atomic E-state index is -2.06. The van der Waals surface area contributed by atoms with Gasteiger partial charge >= 0.3 is 0 Å². The second-order valence-electron chi connectivity index (χ2n) is 1.03. The van der Waals surface area contributed by atoms with Gasteiger partial charge < -0.3 is 4.55 Å². The highest BCUT2D eigenvalue weighted by Gasteiger charge is 1.72. The zero-order valence-corrected chi connectivity index (χ0v) is 4.89. The van der Waals surface area contributed by atoms with Crippen LogP contribution in [0.3, 0.4) is 0 Å². The third kappa shape index (κ3) is 5.52. The smallest absolute Gasteiger partial charge is 0.142 e. The van der Waals surface area contributed by atoms with Crippen LogP contribution < -0.4 is 0 Å². The lowest BCUT2D eigenvalue weighted by Gasteiger charge is -1.95. The molecule has 0 aromatic heterocycles. The lowest BCUT2D eigenvalue weighted by atomic mass is 10.6. The van der Waals surface area contributed by atoms with Crippen molar-refractivity contribution in [2.24, 2.45) is 0 Å². The van der Waals surface area contributed by atoms with Crippen molar-refractivity contribution < 1.29 is 13.6 Å². The van der Waals surface area contributed by atoms with Crippen LogP contribution >= 0.6 is 0 Å². The van der Waals surface area contributed by atoms with E-state index in [1.807, 2.05) is 0 Å². The van der Waals surface area contributed by atoms with Crippen LogP contribution in [0.1, 0.15) is 0 Å². The summed E-state index contributed by atoms with van der Waals surface area (Å²) in [5, 5.41) is 0. The first-order chi connectivity index (χ1) is 3.77. The van der Waals surface area contributed by atoms with Crippen LogP contribution in [0, 0.1) is 0 Å². The molecule has 0 N–H and O–H groups in total. The monoisotopic (exact) mass is 133 g/mol. The molecule has 0 aliphatic carbocycles. The summed E-state index contributed by atoms with van der Waals surface area (Å²) in [5.41, 5.74) is 0. The molecule has 0 bridgehead atoms. The molecule has 46 valence electrons. The van der Waals surface area contributed by atoms with E-state index in [1.165, 1.54) is 6.08 Å². The summed E-state index contributed by atoms with van der Waals surface area (Å²) < 4.78 is 19.4. The molecular formula is C4H5O3S-. The first-order valence-electron chi connectivity index (χ1n) is 1.93. The fraction of sp³-hybridized carbons (Fsp3) is 0.250. The van der Waals surface area contributed by atoms with Gasteiger partial charge in [-0.25, -0.2) is 0 Å². The number of hydrogen-bond acceptors (Lipinski definition) is 3. The topological polar surface area (TPSA) is 57.2 Å². The Kier molecular flexibility index (Phi) is 4.39. The molecule has 3 nitrogen and oxygen atoms in total. The molecule has 0 saturated carbocycles. The predicted octanol–water partition coefficient (Wildman–Crippen LogP) is -0.379. The highest BCUT2D eigenvalue weighted by molar-refractivity contribution is 7.79. The van der Waals surface area contributed by atoms with Crippen LogP contribution in [0.4, 0.5) is 0 Å². The van der Waals surface area contributed by atoms with Gasteiger partial charge in [-0.15, -0.1) is 0 Å². The van der Waals surface area contributed by atoms with Gasteiger partial charge in [0, 0.05) is 5.75 Å². The van der Waals surface area contributed by atoms with Crippen LogP contribution in [0.15, 0.2) is 12.2 Å². The maximum absolute atomic E-state index is 9.71. The van der Waals surface area contributed by atoms with E-state index in [1.54, 1.807) is 0 Å². The quantitative estimate of drug-likeness (QED) is 0.299. The van der Waals surface area contributed by atoms with E-state index in [9.17, 15) is 13.6 Å². The molecule has 0 aromatic carbocycles. The molecule has 0 heterocycles. The van der Waals surface area contributed by atoms with Gasteiger partial charge in [-0.2, -0.15) is 0 Å². The Bertz CT molecular complexity index is 118. The maximum atomic E-state index is 9.71. The van der Waals surface area contributed by atoms with Crippen LogP contribution in [-0.4, -0.2) is 20.8 Å². The molecule has 0 aromatic rings. The second-order valence-corrected chi connectivity index (χ2v) is 1.98. The summed E-state index contributed by atoms with van der Waals surface area (Å²) in [6.07, 6.45) is 2.96. The standard InChI is InChI=1S/C4H6O3S/c5-3-1-2-4-8(6)7/h1-3H,4H2,(H,6,7)/p-1. The number of carbonyl (C=O) groups excluding carboxylic acids is 1. The van der Waals surface area contributed by atoms with E-state index in [4.69, 9.17) is 0 Å². The van der Waals surface area contributed by atoms with Crippen molar-refractivity contribution >= 4 is 17.4 Å². The third-order valence-electron chi connectivity index (χ3n) is 0.447. The summed E-state index contributed by atoms with van der Waals surface area (Å²) in [4.78, 5) is 9.50. The largest absolute Gasteiger partial charge is 0.772 e. The Morgan fingerprint density at radius 1 is 1.62 bits per heavy atom. The maximum Gasteiger partial charge on any atom is 0.142 e. The van der Waals surface area contributed by atoms with Gasteiger partial charge in [-0.05, 0) is 6.08 Å². The fourth-order valence-electron chi connectivity index (χ4n) is 0.190. The first-order valence-corrected chi connectivity index (χ1v) is 3.18. The summed E-state index contributed by atoms with van der Waals surface area (Å²) >= 11 is -2.06. The van der Waals surface area contributed by atoms with Gasteiger partial charge in [0.25, 0.3) is 0 Å². The van der Waals surface area contributed by atoms with Gasteiger partial charge in [0.1, 0.15) is 6.29 Å². The first kappa shape index (κ1) is 7.52. The number of aldehydes is 1. The summed E-state index contributed by atoms with van der Waals surface area (Å²) in [6.45, 7) is 0. The van der Waals surface area contributed by atoms with Crippen LogP contribution in [0.5, 0.6) is 0 Å². The molecule has 0 radical (unpaired) electrons. The van der Waals surface area contributed by atoms with Crippen molar-refractivity contribution in [1.29, 1.82) is 0 Å². The molecular weight excluding hydrogens is 128 g/mol. The lowest BCUT2D eigenvalue weighted by Crippen LogP contribution is -1.89. The van der Waals surface area contributed by atoms with E-state index < -0.39 is 11.1 Å². The summed E-state index contributed by atoms with van der Waals surface area (Å²) in [6, 6.07) is 0. The Balaban J connectivity index is 3.29. The molecule has 1 unspecified atom stereocenters. The Morgan fingerprint density at radius 2 is 2.25 bits per heavy atom. The van der Waals surface area contributed by atoms with Gasteiger partial charge in [0.2, 0.25) is 0 Å². The van der Waals surface area contributed by atoms with Crippen molar-refractivity contribution in [1.82, 2.24) is 0 Å². The Labute approximate surface area is 49.7 Å². The van der Waals surface area contributed by atoms with E-state index in [0.29, 0.717) is 6.29 Å². The van der Waals surface area contributed by atoms with Crippen molar-refractivity contribution in [2.75, 3.05) is 5.75 Å². The van der Waals surface area contributed by atoms with Crippen molar-refractivity contribution in [3.05, 3.63) is 12.2 Å². The number of allylic oxidation sites excluding steroid dienone is 1. The summed E-state index contributed by atoms with van der Waals surface area (Å²) in [7, 11) is 0. The van der Waals surface area contributed by atoms with Crippen LogP contribution in [-0.2, 0) is 15.9 Å². The number of rotatable bonds is 3. The third-order valence-corrected chi connectivity index (χ3v) is 0.912. The number of hydrogen-bond donors (Lipinski definition) is 0. The van der Waals surface area contributed by atoms with Crippen molar-refractivity contribution in [3.63, 3.8) is 0 Å². The van der Waals surface area contributed by atoms with Crippen molar-refractivity contribution in [3.8, 4) is 0 Å². The molecule has 0 fully saturated rings. The highest BCUT2D eigenvalue weighted by atomic mass is 32.2. The second kappa shape index (κ2) is 4.67. The van der Waals surface area contributed by atoms with Gasteiger partial charge in [-0.1, -0.05) is 17.2 Å². The molecule has 0 amide bonds. The molecule has 4 heteroatoms. The Morgan fingerprint density at radius 3 is 2.62 bits per heavy atom. The van der Waals surface area contributed by atoms with Gasteiger partial charge in [0.15, 0.2) is 0 Å². The molecule has 0 aliphatic rings. The van der Waals surface area contributed by atoms with Gasteiger partial charge in [0.05, 0.1) is 0 Å². The predicted molar refractivity (Wildman–Crippen MR) is 29.0 cm³/mol. The average Bonchev–Trinajstić information content (AvgIpc) is 1.66. The van der Waals surface area contributed by atoms with E-state index in [0.717, 1.165) is 6.08 Å². The molecule has 0 aliphatic heterocycles. The number of carbonyl (C=O) groups is 1.